The molecule has 2 N–H and O–H groups in total. The normalized spacial score (nSPS) is 11.1. The van der Waals surface area contributed by atoms with E-state index in [1.54, 1.807) is 18.2 Å². The number of nitrogens with one attached hydrogen (secondary N) is 1. The van der Waals surface area contributed by atoms with Gasteiger partial charge >= 0.3 is 5.97 Å². The van der Waals surface area contributed by atoms with Gasteiger partial charge in [0.1, 0.15) is 0 Å². The Bertz CT molecular complexity index is 495. The van der Waals surface area contributed by atoms with Crippen LogP contribution in [0.25, 0.3) is 0 Å². The first-order valence-corrected chi connectivity index (χ1v) is 5.26. The largest absolute Gasteiger partial charge is 0.478 e. The van der Waals surface area contributed by atoms with Crippen molar-refractivity contribution >= 4 is 29.2 Å². The number of aliphatic carboxylic acids is 1. The molecule has 0 aliphatic heterocycles. The topological polar surface area (TPSA) is 66.4 Å². The van der Waals surface area contributed by atoms with E-state index in [2.05, 4.69) is 5.32 Å². The number of carbonyl (C=O) groups excluding carboxylic acids is 1. The Labute approximate surface area is 104 Å². The molecule has 90 valence electrons. The average molecular weight is 254 g/mol. The predicted octanol–water partition coefficient (Wildman–Crippen LogP) is 2.62. The molecule has 0 atom stereocenters. The van der Waals surface area contributed by atoms with Crippen LogP contribution in [-0.2, 0) is 9.59 Å². The second-order valence-electron chi connectivity index (χ2n) is 3.59. The lowest BCUT2D eigenvalue weighted by Gasteiger charge is -2.04. The molecule has 17 heavy (non-hydrogen) atoms. The molecule has 0 heterocycles. The highest BCUT2D eigenvalue weighted by molar-refractivity contribution is 6.31. The average Bonchev–Trinajstić information content (AvgIpc) is 2.23. The molecule has 1 aromatic rings. The first-order chi connectivity index (χ1) is 7.90. The van der Waals surface area contributed by atoms with Crippen molar-refractivity contribution in [3.63, 3.8) is 0 Å². The summed E-state index contributed by atoms with van der Waals surface area (Å²) in [6.07, 6.45) is 1.02. The summed E-state index contributed by atoms with van der Waals surface area (Å²) in [6.45, 7) is 3.20. The maximum atomic E-state index is 11.4. The minimum atomic E-state index is -1.12. The van der Waals surface area contributed by atoms with Gasteiger partial charge in [0.05, 0.1) is 0 Å². The summed E-state index contributed by atoms with van der Waals surface area (Å²) in [5, 5.41) is 11.7. The third-order valence-corrected chi connectivity index (χ3v) is 2.53. The number of carboxylic acids is 1. The zero-order chi connectivity index (χ0) is 13.0. The molecule has 1 rings (SSSR count). The van der Waals surface area contributed by atoms with Gasteiger partial charge in [0.25, 0.3) is 0 Å². The molecule has 0 spiro atoms. The first kappa shape index (κ1) is 13.3. The van der Waals surface area contributed by atoms with Gasteiger partial charge in [-0.2, -0.15) is 0 Å². The van der Waals surface area contributed by atoms with E-state index in [9.17, 15) is 9.59 Å². The molecule has 0 saturated carbocycles. The zero-order valence-electron chi connectivity index (χ0n) is 9.45. The number of anilines is 1. The van der Waals surface area contributed by atoms with Crippen molar-refractivity contribution in [3.8, 4) is 0 Å². The lowest BCUT2D eigenvalue weighted by atomic mass is 10.2. The zero-order valence-corrected chi connectivity index (χ0v) is 10.2. The summed E-state index contributed by atoms with van der Waals surface area (Å²) in [5.74, 6) is -1.62. The fourth-order valence-electron chi connectivity index (χ4n) is 1.11. The summed E-state index contributed by atoms with van der Waals surface area (Å²) < 4.78 is 0. The van der Waals surface area contributed by atoms with Crippen LogP contribution < -0.4 is 5.32 Å². The third-order valence-electron chi connectivity index (χ3n) is 2.12. The van der Waals surface area contributed by atoms with Crippen LogP contribution in [0.3, 0.4) is 0 Å². The third kappa shape index (κ3) is 3.92. The Balaban J connectivity index is 2.78. The number of carboxylic acid groups (broad SMARTS) is 1. The Morgan fingerprint density at radius 1 is 1.41 bits per heavy atom. The molecule has 4 nitrogen and oxygen atoms in total. The Morgan fingerprint density at radius 2 is 2.06 bits per heavy atom. The van der Waals surface area contributed by atoms with E-state index >= 15 is 0 Å². The number of carbonyl (C=O) groups is 2. The van der Waals surface area contributed by atoms with Crippen LogP contribution in [0.15, 0.2) is 29.8 Å². The van der Waals surface area contributed by atoms with Gasteiger partial charge in [-0.3, -0.25) is 4.79 Å². The maximum absolute atomic E-state index is 11.4. The molecule has 0 bridgehead atoms. The van der Waals surface area contributed by atoms with E-state index in [-0.39, 0.29) is 5.57 Å². The molecule has 0 fully saturated rings. The fraction of sp³-hybridized carbons (Fsp3) is 0.167. The standard InChI is InChI=1S/C12H12ClNO3/c1-7-3-4-9(6-10(7)13)14-11(15)5-8(2)12(16)17/h3-6H,1-2H3,(H,14,15)(H,16,17)/b8-5+. The van der Waals surface area contributed by atoms with Crippen LogP contribution in [0, 0.1) is 6.92 Å². The van der Waals surface area contributed by atoms with E-state index in [0.29, 0.717) is 10.7 Å². The number of amides is 1. The van der Waals surface area contributed by atoms with Crippen LogP contribution in [0.1, 0.15) is 12.5 Å². The summed E-state index contributed by atoms with van der Waals surface area (Å²) in [6, 6.07) is 5.08. The number of halogens is 1. The van der Waals surface area contributed by atoms with Crippen LogP contribution in [0.4, 0.5) is 5.69 Å². The van der Waals surface area contributed by atoms with E-state index in [4.69, 9.17) is 16.7 Å². The highest BCUT2D eigenvalue weighted by atomic mass is 35.5. The second-order valence-corrected chi connectivity index (χ2v) is 3.99. The van der Waals surface area contributed by atoms with Gasteiger partial charge < -0.3 is 10.4 Å². The van der Waals surface area contributed by atoms with Gasteiger partial charge in [0.15, 0.2) is 0 Å². The molecule has 0 aromatic heterocycles. The van der Waals surface area contributed by atoms with Gasteiger partial charge in [-0.25, -0.2) is 4.79 Å². The van der Waals surface area contributed by atoms with Crippen molar-refractivity contribution in [2.75, 3.05) is 5.32 Å². The second kappa shape index (κ2) is 5.50. The molecular formula is C12H12ClNO3. The van der Waals surface area contributed by atoms with Crippen LogP contribution in [-0.4, -0.2) is 17.0 Å². The van der Waals surface area contributed by atoms with Gasteiger partial charge in [-0.05, 0) is 31.5 Å². The minimum Gasteiger partial charge on any atom is -0.478 e. The maximum Gasteiger partial charge on any atom is 0.331 e. The fourth-order valence-corrected chi connectivity index (χ4v) is 1.29. The van der Waals surface area contributed by atoms with Crippen LogP contribution in [0.2, 0.25) is 5.02 Å². The number of aryl methyl sites for hydroxylation is 1. The van der Waals surface area contributed by atoms with Crippen molar-refractivity contribution in [1.29, 1.82) is 0 Å². The smallest absolute Gasteiger partial charge is 0.331 e. The Morgan fingerprint density at radius 3 is 2.59 bits per heavy atom. The summed E-state index contributed by atoms with van der Waals surface area (Å²) >= 11 is 5.89. The number of rotatable bonds is 3. The van der Waals surface area contributed by atoms with E-state index in [0.717, 1.165) is 11.6 Å². The molecule has 1 amide bonds. The monoisotopic (exact) mass is 253 g/mol. The summed E-state index contributed by atoms with van der Waals surface area (Å²) in [5.41, 5.74) is 1.41. The number of benzene rings is 1. The molecule has 0 radical (unpaired) electrons. The Kier molecular flexibility index (Phi) is 4.29. The van der Waals surface area contributed by atoms with Gasteiger partial charge in [-0.1, -0.05) is 17.7 Å². The van der Waals surface area contributed by atoms with Gasteiger partial charge in [0.2, 0.25) is 5.91 Å². The lowest BCUT2D eigenvalue weighted by Crippen LogP contribution is -2.10. The van der Waals surface area contributed by atoms with E-state index in [1.165, 1.54) is 6.92 Å². The molecule has 0 aliphatic rings. The summed E-state index contributed by atoms with van der Waals surface area (Å²) in [4.78, 5) is 21.9. The summed E-state index contributed by atoms with van der Waals surface area (Å²) in [7, 11) is 0. The van der Waals surface area contributed by atoms with Crippen molar-refractivity contribution in [3.05, 3.63) is 40.4 Å². The quantitative estimate of drug-likeness (QED) is 0.814. The van der Waals surface area contributed by atoms with Crippen molar-refractivity contribution in [2.45, 2.75) is 13.8 Å². The van der Waals surface area contributed by atoms with Crippen molar-refractivity contribution in [1.82, 2.24) is 0 Å². The highest BCUT2D eigenvalue weighted by Gasteiger charge is 2.05. The number of hydrogen-bond acceptors (Lipinski definition) is 2. The van der Waals surface area contributed by atoms with Crippen molar-refractivity contribution < 1.29 is 14.7 Å². The van der Waals surface area contributed by atoms with Gasteiger partial charge in [0, 0.05) is 22.4 Å². The van der Waals surface area contributed by atoms with Crippen LogP contribution >= 0.6 is 11.6 Å². The van der Waals surface area contributed by atoms with E-state index < -0.39 is 11.9 Å². The molecular weight excluding hydrogens is 242 g/mol. The number of hydrogen-bond donors (Lipinski definition) is 2. The first-order valence-electron chi connectivity index (χ1n) is 4.89. The molecule has 1 aromatic carbocycles. The van der Waals surface area contributed by atoms with Crippen molar-refractivity contribution in [2.24, 2.45) is 0 Å². The SMILES string of the molecule is C/C(=C\C(=O)Nc1ccc(C)c(Cl)c1)C(=O)O. The molecule has 0 unspecified atom stereocenters. The Hall–Kier alpha value is -1.81. The van der Waals surface area contributed by atoms with E-state index in [1.807, 2.05) is 6.92 Å². The highest BCUT2D eigenvalue weighted by Crippen LogP contribution is 2.19. The molecule has 0 aliphatic carbocycles. The van der Waals surface area contributed by atoms with Gasteiger partial charge in [-0.15, -0.1) is 0 Å². The minimum absolute atomic E-state index is 0.0271. The lowest BCUT2D eigenvalue weighted by molar-refractivity contribution is -0.132. The van der Waals surface area contributed by atoms with Crippen LogP contribution in [0.5, 0.6) is 0 Å². The predicted molar refractivity (Wildman–Crippen MR) is 66.2 cm³/mol. The molecule has 0 saturated heterocycles. The molecule has 5 heteroatoms.